The smallest absolute Gasteiger partial charge is 0.243 e. The van der Waals surface area contributed by atoms with Gasteiger partial charge in [-0.25, -0.2) is 13.1 Å². The summed E-state index contributed by atoms with van der Waals surface area (Å²) in [6.07, 6.45) is 0.705. The first-order valence-electron chi connectivity index (χ1n) is 6.00. The summed E-state index contributed by atoms with van der Waals surface area (Å²) in [7, 11) is -3.57. The predicted molar refractivity (Wildman–Crippen MR) is 75.0 cm³/mol. The molecule has 1 rings (SSSR count). The van der Waals surface area contributed by atoms with Gasteiger partial charge < -0.3 is 5.73 Å². The summed E-state index contributed by atoms with van der Waals surface area (Å²) in [4.78, 5) is 0.159. The minimum atomic E-state index is -3.57. The molecule has 18 heavy (non-hydrogen) atoms. The average Bonchev–Trinajstić information content (AvgIpc) is 2.21. The Morgan fingerprint density at radius 2 is 1.72 bits per heavy atom. The molecule has 5 heteroatoms. The molecule has 0 aliphatic carbocycles. The Balaban J connectivity index is 3.26. The van der Waals surface area contributed by atoms with Crippen LogP contribution in [0.1, 0.15) is 38.3 Å². The molecule has 0 atom stereocenters. The van der Waals surface area contributed by atoms with E-state index in [1.165, 1.54) is 0 Å². The van der Waals surface area contributed by atoms with Crippen LogP contribution in [0.2, 0.25) is 0 Å². The maximum atomic E-state index is 12.3. The lowest BCUT2D eigenvalue weighted by Gasteiger charge is -2.24. The van der Waals surface area contributed by atoms with Gasteiger partial charge in [-0.05, 0) is 57.4 Å². The molecule has 0 saturated carbocycles. The van der Waals surface area contributed by atoms with Gasteiger partial charge in [-0.1, -0.05) is 6.92 Å². The minimum Gasteiger partial charge on any atom is -0.398 e. The van der Waals surface area contributed by atoms with Crippen LogP contribution < -0.4 is 10.5 Å². The van der Waals surface area contributed by atoms with Crippen molar-refractivity contribution >= 4 is 15.7 Å². The molecule has 4 nitrogen and oxygen atoms in total. The Morgan fingerprint density at radius 1 is 1.22 bits per heavy atom. The lowest BCUT2D eigenvalue weighted by atomic mass is 10.0. The van der Waals surface area contributed by atoms with Crippen molar-refractivity contribution in [3.05, 3.63) is 23.3 Å². The molecule has 0 saturated heterocycles. The number of sulfonamides is 1. The van der Waals surface area contributed by atoms with Crippen LogP contribution in [-0.2, 0) is 10.0 Å². The van der Waals surface area contributed by atoms with Gasteiger partial charge in [0.25, 0.3) is 0 Å². The molecule has 0 aliphatic rings. The van der Waals surface area contributed by atoms with Crippen LogP contribution >= 0.6 is 0 Å². The number of anilines is 1. The highest BCUT2D eigenvalue weighted by atomic mass is 32.2. The van der Waals surface area contributed by atoms with E-state index in [0.717, 1.165) is 11.1 Å². The number of benzene rings is 1. The van der Waals surface area contributed by atoms with Gasteiger partial charge in [-0.2, -0.15) is 0 Å². The molecule has 0 fully saturated rings. The van der Waals surface area contributed by atoms with Crippen LogP contribution in [0, 0.1) is 13.8 Å². The number of hydrogen-bond donors (Lipinski definition) is 2. The maximum absolute atomic E-state index is 12.3. The van der Waals surface area contributed by atoms with Crippen LogP contribution in [0.3, 0.4) is 0 Å². The summed E-state index contributed by atoms with van der Waals surface area (Å²) in [5.74, 6) is 0. The van der Waals surface area contributed by atoms with E-state index in [1.807, 2.05) is 34.6 Å². The number of aryl methyl sites for hydroxylation is 2. The van der Waals surface area contributed by atoms with Gasteiger partial charge in [0.15, 0.2) is 0 Å². The molecule has 1 aromatic rings. The fraction of sp³-hybridized carbons (Fsp3) is 0.538. The number of rotatable bonds is 4. The van der Waals surface area contributed by atoms with Crippen molar-refractivity contribution in [3.63, 3.8) is 0 Å². The molecule has 102 valence electrons. The first-order valence-corrected chi connectivity index (χ1v) is 7.48. The monoisotopic (exact) mass is 270 g/mol. The van der Waals surface area contributed by atoms with E-state index in [1.54, 1.807) is 12.1 Å². The van der Waals surface area contributed by atoms with Gasteiger partial charge in [0, 0.05) is 5.54 Å². The van der Waals surface area contributed by atoms with Crippen LogP contribution in [0.25, 0.3) is 0 Å². The van der Waals surface area contributed by atoms with Crippen molar-refractivity contribution in [1.82, 2.24) is 4.72 Å². The van der Waals surface area contributed by atoms with Crippen molar-refractivity contribution in [1.29, 1.82) is 0 Å². The normalized spacial score (nSPS) is 12.7. The zero-order chi connectivity index (χ0) is 14.1. The average molecular weight is 270 g/mol. The van der Waals surface area contributed by atoms with E-state index in [9.17, 15) is 8.42 Å². The SMILES string of the molecule is CCC(C)(C)NS(=O)(=O)c1cc(C)c(C)cc1N. The second-order valence-corrected chi connectivity index (χ2v) is 6.97. The van der Waals surface area contributed by atoms with Crippen molar-refractivity contribution in [2.24, 2.45) is 0 Å². The van der Waals surface area contributed by atoms with Crippen LogP contribution in [0.5, 0.6) is 0 Å². The summed E-state index contributed by atoms with van der Waals surface area (Å²) < 4.78 is 27.3. The zero-order valence-corrected chi connectivity index (χ0v) is 12.5. The van der Waals surface area contributed by atoms with Gasteiger partial charge in [-0.3, -0.25) is 0 Å². The first-order chi connectivity index (χ1) is 8.09. The predicted octanol–water partition coefficient (Wildman–Crippen LogP) is 2.35. The molecule has 0 spiro atoms. The Hall–Kier alpha value is -1.07. The van der Waals surface area contributed by atoms with E-state index in [-0.39, 0.29) is 10.6 Å². The van der Waals surface area contributed by atoms with Crippen LogP contribution in [0.15, 0.2) is 17.0 Å². The third kappa shape index (κ3) is 3.23. The summed E-state index contributed by atoms with van der Waals surface area (Å²) in [6.45, 7) is 9.42. The van der Waals surface area contributed by atoms with E-state index in [4.69, 9.17) is 5.73 Å². The molecule has 0 amide bonds. The molecule has 1 aromatic carbocycles. The van der Waals surface area contributed by atoms with Gasteiger partial charge in [0.05, 0.1) is 5.69 Å². The Bertz CT molecular complexity index is 548. The second-order valence-electron chi connectivity index (χ2n) is 5.32. The number of nitrogen functional groups attached to an aromatic ring is 1. The molecular formula is C13H22N2O2S. The van der Waals surface area contributed by atoms with E-state index >= 15 is 0 Å². The molecule has 0 bridgehead atoms. The van der Waals surface area contributed by atoms with Crippen molar-refractivity contribution in [2.45, 2.75) is 51.5 Å². The Morgan fingerprint density at radius 3 is 2.22 bits per heavy atom. The summed E-state index contributed by atoms with van der Waals surface area (Å²) >= 11 is 0. The molecule has 0 radical (unpaired) electrons. The molecule has 0 unspecified atom stereocenters. The Labute approximate surface area is 110 Å². The highest BCUT2D eigenvalue weighted by Gasteiger charge is 2.26. The van der Waals surface area contributed by atoms with Crippen LogP contribution in [-0.4, -0.2) is 14.0 Å². The summed E-state index contributed by atoms with van der Waals surface area (Å²) in [5.41, 5.74) is 7.53. The van der Waals surface area contributed by atoms with E-state index < -0.39 is 15.6 Å². The summed E-state index contributed by atoms with van der Waals surface area (Å²) in [5, 5.41) is 0. The van der Waals surface area contributed by atoms with Crippen LogP contribution in [0.4, 0.5) is 5.69 Å². The van der Waals surface area contributed by atoms with Gasteiger partial charge in [0.1, 0.15) is 4.90 Å². The van der Waals surface area contributed by atoms with Gasteiger partial charge >= 0.3 is 0 Å². The fourth-order valence-electron chi connectivity index (χ4n) is 1.54. The molecular weight excluding hydrogens is 248 g/mol. The first kappa shape index (κ1) is 15.0. The second kappa shape index (κ2) is 4.90. The lowest BCUT2D eigenvalue weighted by Crippen LogP contribution is -2.42. The molecule has 0 aromatic heterocycles. The lowest BCUT2D eigenvalue weighted by molar-refractivity contribution is 0.439. The fourth-order valence-corrected chi connectivity index (χ4v) is 3.22. The van der Waals surface area contributed by atoms with E-state index in [0.29, 0.717) is 6.42 Å². The summed E-state index contributed by atoms with van der Waals surface area (Å²) in [6, 6.07) is 3.32. The maximum Gasteiger partial charge on any atom is 0.243 e. The number of nitrogens with two attached hydrogens (primary N) is 1. The minimum absolute atomic E-state index is 0.159. The quantitative estimate of drug-likeness (QED) is 0.825. The highest BCUT2D eigenvalue weighted by Crippen LogP contribution is 2.24. The van der Waals surface area contributed by atoms with Crippen molar-refractivity contribution in [3.8, 4) is 0 Å². The highest BCUT2D eigenvalue weighted by molar-refractivity contribution is 7.89. The topological polar surface area (TPSA) is 72.2 Å². The zero-order valence-electron chi connectivity index (χ0n) is 11.7. The number of nitrogens with one attached hydrogen (secondary N) is 1. The van der Waals surface area contributed by atoms with Crippen molar-refractivity contribution < 1.29 is 8.42 Å². The van der Waals surface area contributed by atoms with Crippen molar-refractivity contribution in [2.75, 3.05) is 5.73 Å². The third-order valence-corrected chi connectivity index (χ3v) is 4.96. The largest absolute Gasteiger partial charge is 0.398 e. The standard InChI is InChI=1S/C13H22N2O2S/c1-6-13(4,5)15-18(16,17)12-8-10(3)9(2)7-11(12)14/h7-8,15H,6,14H2,1-5H3. The van der Waals surface area contributed by atoms with Gasteiger partial charge in [-0.15, -0.1) is 0 Å². The van der Waals surface area contributed by atoms with Gasteiger partial charge in [0.2, 0.25) is 10.0 Å². The third-order valence-electron chi connectivity index (χ3n) is 3.21. The Kier molecular flexibility index (Phi) is 4.08. The molecule has 3 N–H and O–H groups in total. The molecule has 0 heterocycles. The van der Waals surface area contributed by atoms with E-state index in [2.05, 4.69) is 4.72 Å². The molecule has 0 aliphatic heterocycles. The number of hydrogen-bond acceptors (Lipinski definition) is 3.